The number of nitro groups is 1. The van der Waals surface area contributed by atoms with Crippen LogP contribution >= 0.6 is 0 Å². The van der Waals surface area contributed by atoms with Crippen molar-refractivity contribution in [1.82, 2.24) is 10.2 Å². The maximum atomic E-state index is 13.2. The highest BCUT2D eigenvalue weighted by molar-refractivity contribution is 7.88. The molecule has 2 aromatic rings. The van der Waals surface area contributed by atoms with Crippen LogP contribution in [0.4, 0.5) is 5.69 Å². The second-order valence-corrected chi connectivity index (χ2v) is 10.9. The molecule has 11 heteroatoms. The number of hydrogen-bond acceptors (Lipinski definition) is 7. The summed E-state index contributed by atoms with van der Waals surface area (Å²) in [4.78, 5) is 50.0. The van der Waals surface area contributed by atoms with Gasteiger partial charge in [-0.05, 0) is 30.2 Å². The van der Waals surface area contributed by atoms with Gasteiger partial charge in [0.15, 0.2) is 5.54 Å². The number of amides is 2. The van der Waals surface area contributed by atoms with Crippen molar-refractivity contribution in [2.24, 2.45) is 0 Å². The first kappa shape index (κ1) is 22.2. The first-order valence-electron chi connectivity index (χ1n) is 10.7. The normalized spacial score (nSPS) is 30.6. The SMILES string of the molecule is C[C@@]12C[C@]1(C(=O)OCc1ccc([N+](=O)[O-])cc1)N1C(=O)[C@@H](NC(=O)Cc3ccccc3)[C@H]1S2=O. The molecule has 5 atom stereocenters. The van der Waals surface area contributed by atoms with Gasteiger partial charge in [-0.1, -0.05) is 30.3 Å². The number of non-ortho nitro benzene ring substituents is 1. The molecule has 1 aliphatic carbocycles. The molecular weight excluding hydrogens is 462 g/mol. The van der Waals surface area contributed by atoms with Gasteiger partial charge in [0.25, 0.3) is 5.69 Å². The molecule has 2 amide bonds. The van der Waals surface area contributed by atoms with E-state index in [0.717, 1.165) is 5.56 Å². The third kappa shape index (κ3) is 3.14. The minimum absolute atomic E-state index is 0.0796. The summed E-state index contributed by atoms with van der Waals surface area (Å²) in [6.07, 6.45) is 0.308. The maximum absolute atomic E-state index is 13.2. The molecule has 176 valence electrons. The van der Waals surface area contributed by atoms with E-state index in [4.69, 9.17) is 4.74 Å². The van der Waals surface area contributed by atoms with Crippen LogP contribution in [0.15, 0.2) is 54.6 Å². The monoisotopic (exact) mass is 483 g/mol. The van der Waals surface area contributed by atoms with Gasteiger partial charge < -0.3 is 15.0 Å². The van der Waals surface area contributed by atoms with Gasteiger partial charge in [-0.25, -0.2) is 4.79 Å². The fourth-order valence-electron chi connectivity index (χ4n) is 4.88. The van der Waals surface area contributed by atoms with Gasteiger partial charge in [-0.3, -0.25) is 23.9 Å². The zero-order chi connectivity index (χ0) is 24.3. The second-order valence-electron chi connectivity index (χ2n) is 8.87. The van der Waals surface area contributed by atoms with E-state index in [2.05, 4.69) is 5.32 Å². The number of carbonyl (C=O) groups is 3. The molecule has 0 aromatic heterocycles. The van der Waals surface area contributed by atoms with Gasteiger partial charge in [-0.2, -0.15) is 0 Å². The summed E-state index contributed by atoms with van der Waals surface area (Å²) in [6, 6.07) is 13.7. The number of carbonyl (C=O) groups excluding carboxylic acids is 3. The Kier molecular flexibility index (Phi) is 5.05. The standard InChI is InChI=1S/C23H21N3O7S/c1-22-13-23(22,21(29)33-12-15-7-9-16(10-8-15)26(30)31)25-19(28)18(20(25)34(22)32)24-17(27)11-14-5-3-2-4-6-14/h2-10,18,20H,11-13H2,1H3,(H,24,27)/t18-,20-,22-,23-,34?/m1/s1. The highest BCUT2D eigenvalue weighted by Gasteiger charge is 2.88. The fraction of sp³-hybridized carbons (Fsp3) is 0.348. The van der Waals surface area contributed by atoms with E-state index in [9.17, 15) is 28.7 Å². The zero-order valence-electron chi connectivity index (χ0n) is 18.1. The molecule has 3 fully saturated rings. The predicted octanol–water partition coefficient (Wildman–Crippen LogP) is 1.20. The van der Waals surface area contributed by atoms with Crippen LogP contribution in [0.5, 0.6) is 0 Å². The van der Waals surface area contributed by atoms with Crippen molar-refractivity contribution < 1.29 is 28.3 Å². The Morgan fingerprint density at radius 3 is 2.50 bits per heavy atom. The Bertz CT molecular complexity index is 1230. The molecule has 2 aliphatic heterocycles. The smallest absolute Gasteiger partial charge is 0.334 e. The van der Waals surface area contributed by atoms with E-state index in [1.807, 2.05) is 18.2 Å². The van der Waals surface area contributed by atoms with Crippen molar-refractivity contribution in [2.75, 3.05) is 0 Å². The number of hydrogen-bond donors (Lipinski definition) is 1. The lowest BCUT2D eigenvalue weighted by Crippen LogP contribution is -2.73. The van der Waals surface area contributed by atoms with E-state index >= 15 is 0 Å². The second kappa shape index (κ2) is 7.73. The van der Waals surface area contributed by atoms with Crippen molar-refractivity contribution in [3.8, 4) is 0 Å². The lowest BCUT2D eigenvalue weighted by atomic mass is 10.00. The van der Waals surface area contributed by atoms with Crippen LogP contribution in [0.3, 0.4) is 0 Å². The van der Waals surface area contributed by atoms with E-state index in [-0.39, 0.29) is 31.0 Å². The van der Waals surface area contributed by atoms with Crippen molar-refractivity contribution >= 4 is 34.3 Å². The fourth-order valence-corrected chi connectivity index (χ4v) is 7.19. The molecule has 0 bridgehead atoms. The number of fused-ring (bicyclic) bond motifs is 3. The molecule has 34 heavy (non-hydrogen) atoms. The maximum Gasteiger partial charge on any atom is 0.334 e. The molecule has 2 saturated heterocycles. The number of esters is 1. The predicted molar refractivity (Wildman–Crippen MR) is 119 cm³/mol. The molecule has 1 unspecified atom stereocenters. The van der Waals surface area contributed by atoms with Gasteiger partial charge >= 0.3 is 5.97 Å². The Labute approximate surface area is 196 Å². The largest absolute Gasteiger partial charge is 0.459 e. The molecule has 0 radical (unpaired) electrons. The van der Waals surface area contributed by atoms with Gasteiger partial charge in [0.05, 0.1) is 26.9 Å². The molecule has 2 aromatic carbocycles. The molecule has 5 rings (SSSR count). The van der Waals surface area contributed by atoms with Gasteiger partial charge in [-0.15, -0.1) is 0 Å². The lowest BCUT2D eigenvalue weighted by molar-refractivity contribution is -0.384. The Morgan fingerprint density at radius 1 is 1.18 bits per heavy atom. The van der Waals surface area contributed by atoms with Crippen LogP contribution in [0.25, 0.3) is 0 Å². The average Bonchev–Trinajstić information content (AvgIpc) is 3.41. The Balaban J connectivity index is 1.26. The molecule has 10 nitrogen and oxygen atoms in total. The van der Waals surface area contributed by atoms with Crippen LogP contribution in [-0.2, 0) is 42.9 Å². The van der Waals surface area contributed by atoms with Gasteiger partial charge in [0.2, 0.25) is 11.8 Å². The molecule has 3 aliphatic rings. The Hall–Kier alpha value is -3.60. The summed E-state index contributed by atoms with van der Waals surface area (Å²) in [6.45, 7) is 1.55. The Morgan fingerprint density at radius 2 is 1.85 bits per heavy atom. The highest BCUT2D eigenvalue weighted by Crippen LogP contribution is 2.66. The number of rotatable bonds is 7. The summed E-state index contributed by atoms with van der Waals surface area (Å²) in [5, 5.41) is 12.7. The van der Waals surface area contributed by atoms with Crippen molar-refractivity contribution in [1.29, 1.82) is 0 Å². The quantitative estimate of drug-likeness (QED) is 0.270. The molecule has 2 heterocycles. The van der Waals surface area contributed by atoms with E-state index in [1.165, 1.54) is 29.2 Å². The van der Waals surface area contributed by atoms with Gasteiger partial charge in [0, 0.05) is 18.6 Å². The summed E-state index contributed by atoms with van der Waals surface area (Å²) in [7, 11) is -1.56. The van der Waals surface area contributed by atoms with Crippen LogP contribution < -0.4 is 5.32 Å². The number of nitrogens with one attached hydrogen (secondary N) is 1. The highest BCUT2D eigenvalue weighted by atomic mass is 32.2. The minimum Gasteiger partial charge on any atom is -0.459 e. The summed E-state index contributed by atoms with van der Waals surface area (Å²) in [5.74, 6) is -1.47. The lowest BCUT2D eigenvalue weighted by Gasteiger charge is -2.45. The summed E-state index contributed by atoms with van der Waals surface area (Å²) < 4.78 is 17.7. The number of ether oxygens (including phenoxy) is 1. The van der Waals surface area contributed by atoms with Crippen LogP contribution in [-0.4, -0.2) is 53.5 Å². The summed E-state index contributed by atoms with van der Waals surface area (Å²) in [5.41, 5.74) is -0.0586. The number of β-lactam (4-membered cyclic amide) rings is 1. The third-order valence-electron chi connectivity index (χ3n) is 6.84. The van der Waals surface area contributed by atoms with Crippen LogP contribution in [0.1, 0.15) is 24.5 Å². The van der Waals surface area contributed by atoms with Crippen LogP contribution in [0.2, 0.25) is 0 Å². The molecule has 1 saturated carbocycles. The molecule has 0 spiro atoms. The first-order valence-corrected chi connectivity index (χ1v) is 11.9. The summed E-state index contributed by atoms with van der Waals surface area (Å²) >= 11 is 0. The topological polar surface area (TPSA) is 136 Å². The molecule has 1 N–H and O–H groups in total. The van der Waals surface area contributed by atoms with E-state index in [0.29, 0.717) is 5.56 Å². The van der Waals surface area contributed by atoms with Crippen molar-refractivity contribution in [2.45, 2.75) is 48.1 Å². The molecular formula is C23H21N3O7S. The van der Waals surface area contributed by atoms with Gasteiger partial charge in [0.1, 0.15) is 18.0 Å². The number of nitrogens with zero attached hydrogens (tertiary/aromatic N) is 2. The van der Waals surface area contributed by atoms with Crippen molar-refractivity contribution in [3.05, 3.63) is 75.8 Å². The first-order chi connectivity index (χ1) is 16.2. The number of nitro benzene ring substituents is 1. The zero-order valence-corrected chi connectivity index (χ0v) is 18.9. The number of benzene rings is 2. The third-order valence-corrected chi connectivity index (χ3v) is 9.13. The minimum atomic E-state index is -1.56. The average molecular weight is 484 g/mol. The van der Waals surface area contributed by atoms with Crippen molar-refractivity contribution in [3.63, 3.8) is 0 Å². The van der Waals surface area contributed by atoms with E-state index in [1.54, 1.807) is 19.1 Å². The van der Waals surface area contributed by atoms with E-state index < -0.39 is 49.3 Å². The van der Waals surface area contributed by atoms with Crippen LogP contribution in [0, 0.1) is 10.1 Å².